The Morgan fingerprint density at radius 1 is 0.979 bits per heavy atom. The quantitative estimate of drug-likeness (QED) is 0.0570. The van der Waals surface area contributed by atoms with Gasteiger partial charge in [0, 0.05) is 23.4 Å². The van der Waals surface area contributed by atoms with E-state index in [-0.39, 0.29) is 33.0 Å². The minimum Gasteiger partial charge on any atom is -0.491 e. The van der Waals surface area contributed by atoms with Gasteiger partial charge in [0.05, 0.1) is 37.9 Å². The van der Waals surface area contributed by atoms with Gasteiger partial charge >= 0.3 is 19.2 Å². The zero-order chi connectivity index (χ0) is 34.9. The Morgan fingerprint density at radius 3 is 2.40 bits per heavy atom. The van der Waals surface area contributed by atoms with Crippen LogP contribution in [0, 0.1) is 12.8 Å². The number of aliphatic carboxylic acids is 1. The Morgan fingerprint density at radius 2 is 1.73 bits per heavy atom. The lowest BCUT2D eigenvalue weighted by Crippen LogP contribution is -2.23. The first-order chi connectivity index (χ1) is 22.9. The van der Waals surface area contributed by atoms with E-state index < -0.39 is 31.6 Å². The molecule has 4 aromatic rings. The second kappa shape index (κ2) is 16.6. The monoisotopic (exact) mass is 687 g/mol. The highest BCUT2D eigenvalue weighted by Crippen LogP contribution is 2.63. The molecule has 0 bridgehead atoms. The predicted molar refractivity (Wildman–Crippen MR) is 182 cm³/mol. The van der Waals surface area contributed by atoms with E-state index in [0.717, 1.165) is 45.9 Å². The minimum atomic E-state index is -4.56. The predicted octanol–water partition coefficient (Wildman–Crippen LogP) is 7.76. The average molecular weight is 688 g/mol. The molecule has 2 heterocycles. The number of rotatable bonds is 19. The number of carboxylic acid groups (broad SMARTS) is 1. The molecule has 0 spiro atoms. The second-order valence-electron chi connectivity index (χ2n) is 11.5. The van der Waals surface area contributed by atoms with Crippen molar-refractivity contribution in [3.8, 4) is 5.75 Å². The first-order valence-corrected chi connectivity index (χ1v) is 17.7. The van der Waals surface area contributed by atoms with Crippen molar-refractivity contribution < 1.29 is 41.8 Å². The molecule has 0 aliphatic rings. The summed E-state index contributed by atoms with van der Waals surface area (Å²) in [5, 5.41) is 11.3. The maximum absolute atomic E-state index is 14.4. The molecule has 260 valence electrons. The molecule has 4 rings (SSSR count). The van der Waals surface area contributed by atoms with Crippen molar-refractivity contribution in [1.29, 1.82) is 0 Å². The summed E-state index contributed by atoms with van der Waals surface area (Å²) in [5.41, 5.74) is 8.08. The van der Waals surface area contributed by atoms with Gasteiger partial charge in [-0.3, -0.25) is 14.3 Å². The topological polar surface area (TPSA) is 143 Å². The van der Waals surface area contributed by atoms with Gasteiger partial charge in [-0.15, -0.1) is 0 Å². The lowest BCUT2D eigenvalue weighted by atomic mass is 9.95. The van der Waals surface area contributed by atoms with Crippen LogP contribution in [0.15, 0.2) is 48.7 Å². The first kappa shape index (κ1) is 37.1. The van der Waals surface area contributed by atoms with Gasteiger partial charge in [-0.05, 0) is 93.0 Å². The van der Waals surface area contributed by atoms with Crippen LogP contribution in [-0.2, 0) is 42.4 Å². The number of benzene rings is 2. The molecule has 48 heavy (non-hydrogen) atoms. The molecule has 2 aromatic carbocycles. The zero-order valence-electron chi connectivity index (χ0n) is 27.8. The van der Waals surface area contributed by atoms with E-state index in [1.807, 2.05) is 56.4 Å². The molecule has 2 aromatic heterocycles. The van der Waals surface area contributed by atoms with Crippen LogP contribution in [0.1, 0.15) is 55.9 Å². The smallest absolute Gasteiger partial charge is 0.399 e. The molecule has 0 radical (unpaired) electrons. The van der Waals surface area contributed by atoms with Crippen molar-refractivity contribution in [2.24, 2.45) is 5.92 Å². The van der Waals surface area contributed by atoms with Gasteiger partial charge in [0.25, 0.3) is 0 Å². The maximum Gasteiger partial charge on any atom is 0.399 e. The van der Waals surface area contributed by atoms with E-state index in [1.165, 1.54) is 13.8 Å². The van der Waals surface area contributed by atoms with Crippen LogP contribution in [0.25, 0.3) is 21.8 Å². The number of fused-ring (bicyclic) bond motifs is 3. The number of hydrogen-bond acceptors (Lipinski definition) is 9. The molecular weight excluding hydrogens is 643 g/mol. The molecule has 0 aliphatic heterocycles. The van der Waals surface area contributed by atoms with E-state index >= 15 is 0 Å². The molecule has 3 N–H and O–H groups in total. The number of nitrogens with two attached hydrogens (primary N) is 1. The first-order valence-electron chi connectivity index (χ1n) is 16.2. The van der Waals surface area contributed by atoms with Crippen LogP contribution < -0.4 is 10.5 Å². The van der Waals surface area contributed by atoms with Gasteiger partial charge in [-0.2, -0.15) is 8.78 Å². The summed E-state index contributed by atoms with van der Waals surface area (Å²) in [4.78, 5) is 20.7. The molecular formula is C35H44F2N3O7P. The minimum absolute atomic E-state index is 0.0804. The number of pyridine rings is 2. The summed E-state index contributed by atoms with van der Waals surface area (Å²) in [6.45, 7) is 6.45. The summed E-state index contributed by atoms with van der Waals surface area (Å²) in [6.07, 6.45) is 3.49. The summed E-state index contributed by atoms with van der Waals surface area (Å²) >= 11 is 0. The normalized spacial score (nSPS) is 12.9. The molecule has 13 heteroatoms. The Labute approximate surface area is 279 Å². The van der Waals surface area contributed by atoms with E-state index in [0.29, 0.717) is 35.4 Å². The molecule has 0 fully saturated rings. The van der Waals surface area contributed by atoms with Crippen LogP contribution in [-0.4, -0.2) is 59.7 Å². The number of nitrogen functional groups attached to an aromatic ring is 1. The highest BCUT2D eigenvalue weighted by molar-refractivity contribution is 7.55. The van der Waals surface area contributed by atoms with Crippen molar-refractivity contribution in [2.75, 3.05) is 38.8 Å². The highest BCUT2D eigenvalue weighted by Gasteiger charge is 2.52. The van der Waals surface area contributed by atoms with Crippen LogP contribution in [0.2, 0.25) is 0 Å². The standard InChI is InChI=1S/C35H44F2N3O7P/c1-5-26(34(41)42)19-24-9-13-29-30-20-25(22-39-32(30)33(38)40-31(29)21-24)8-10-27-11-12-28(18-23(27)4)45-17-16-44-15-14-35(36,37)48(43,46-6-2)47-7-3/h9,11-13,18,20-22,26H,5-8,10,14-17,19H2,1-4H3,(H2,38,40)(H,41,42). The van der Waals surface area contributed by atoms with Gasteiger partial charge in [0.15, 0.2) is 5.82 Å². The van der Waals surface area contributed by atoms with Gasteiger partial charge in [-0.1, -0.05) is 25.1 Å². The Kier molecular flexibility index (Phi) is 12.8. The van der Waals surface area contributed by atoms with Crippen LogP contribution in [0.5, 0.6) is 5.75 Å². The lowest BCUT2D eigenvalue weighted by molar-refractivity contribution is -0.141. The fraction of sp³-hybridized carbons (Fsp3) is 0.457. The van der Waals surface area contributed by atoms with Crippen molar-refractivity contribution in [3.63, 3.8) is 0 Å². The second-order valence-corrected chi connectivity index (χ2v) is 13.7. The van der Waals surface area contributed by atoms with Gasteiger partial charge in [0.1, 0.15) is 17.9 Å². The zero-order valence-corrected chi connectivity index (χ0v) is 28.7. The molecule has 0 amide bonds. The number of nitrogens with zero attached hydrogens (tertiary/aromatic N) is 2. The third-order valence-electron chi connectivity index (χ3n) is 8.14. The van der Waals surface area contributed by atoms with Crippen LogP contribution in [0.4, 0.5) is 14.6 Å². The summed E-state index contributed by atoms with van der Waals surface area (Å²) in [7, 11) is -4.56. The molecule has 1 unspecified atom stereocenters. The number of carboxylic acids is 1. The van der Waals surface area contributed by atoms with Crippen molar-refractivity contribution in [3.05, 3.63) is 70.9 Å². The Hall–Kier alpha value is -3.70. The highest BCUT2D eigenvalue weighted by atomic mass is 31.2. The lowest BCUT2D eigenvalue weighted by Gasteiger charge is -2.25. The van der Waals surface area contributed by atoms with E-state index in [2.05, 4.69) is 16.0 Å². The third kappa shape index (κ3) is 9.05. The number of alkyl halides is 2. The van der Waals surface area contributed by atoms with Gasteiger partial charge < -0.3 is 29.4 Å². The number of aromatic nitrogens is 2. The summed E-state index contributed by atoms with van der Waals surface area (Å²) in [5.74, 6) is -0.302. The largest absolute Gasteiger partial charge is 0.491 e. The molecule has 0 aliphatic carbocycles. The molecule has 0 saturated heterocycles. The Balaban J connectivity index is 1.33. The Bertz CT molecular complexity index is 1760. The number of carbonyl (C=O) groups is 1. The van der Waals surface area contributed by atoms with Crippen molar-refractivity contribution in [1.82, 2.24) is 9.97 Å². The van der Waals surface area contributed by atoms with E-state index in [9.17, 15) is 23.2 Å². The van der Waals surface area contributed by atoms with Gasteiger partial charge in [-0.25, -0.2) is 4.98 Å². The summed E-state index contributed by atoms with van der Waals surface area (Å²) < 4.78 is 61.9. The van der Waals surface area contributed by atoms with Crippen molar-refractivity contribution >= 4 is 41.2 Å². The number of halogens is 2. The van der Waals surface area contributed by atoms with E-state index in [4.69, 9.17) is 24.3 Å². The van der Waals surface area contributed by atoms with Crippen LogP contribution >= 0.6 is 7.60 Å². The third-order valence-corrected chi connectivity index (χ3v) is 10.4. The fourth-order valence-corrected chi connectivity index (χ4v) is 6.99. The number of anilines is 1. The van der Waals surface area contributed by atoms with Gasteiger partial charge in [0.2, 0.25) is 0 Å². The summed E-state index contributed by atoms with van der Waals surface area (Å²) in [6, 6.07) is 13.7. The number of ether oxygens (including phenoxy) is 2. The van der Waals surface area contributed by atoms with Crippen molar-refractivity contribution in [2.45, 2.75) is 65.5 Å². The number of aryl methyl sites for hydroxylation is 3. The van der Waals surface area contributed by atoms with Crippen LogP contribution in [0.3, 0.4) is 0 Å². The molecule has 0 saturated carbocycles. The SMILES string of the molecule is CCOP(=O)(OCC)C(F)(F)CCOCCOc1ccc(CCc2cnc3c(N)nc4cc(CC(CC)C(=O)O)ccc4c3c2)c(C)c1. The average Bonchev–Trinajstić information content (AvgIpc) is 3.04. The molecule has 1 atom stereocenters. The number of hydrogen-bond donors (Lipinski definition) is 2. The molecule has 10 nitrogen and oxygen atoms in total. The van der Waals surface area contributed by atoms with E-state index in [1.54, 1.807) is 0 Å². The maximum atomic E-state index is 14.4. The fourth-order valence-electron chi connectivity index (χ4n) is 5.49.